The van der Waals surface area contributed by atoms with Crippen LogP contribution < -0.4 is 10.1 Å². The summed E-state index contributed by atoms with van der Waals surface area (Å²) in [6.07, 6.45) is 1.76. The smallest absolute Gasteiger partial charge is 0.408 e. The number of benzene rings is 1. The Morgan fingerprint density at radius 3 is 2.44 bits per heavy atom. The maximum absolute atomic E-state index is 15.9. The second kappa shape index (κ2) is 11.0. The summed E-state index contributed by atoms with van der Waals surface area (Å²) in [4.78, 5) is 49.7. The fourth-order valence-electron chi connectivity index (χ4n) is 7.31. The number of para-hydroxylation sites is 2. The van der Waals surface area contributed by atoms with Gasteiger partial charge >= 0.3 is 6.09 Å². The molecule has 9 nitrogen and oxygen atoms in total. The number of alkyl halides is 2. The third-order valence-electron chi connectivity index (χ3n) is 9.88. The van der Waals surface area contributed by atoms with Crippen molar-refractivity contribution in [2.45, 2.75) is 96.4 Å². The Hall–Kier alpha value is -3.37. The highest BCUT2D eigenvalue weighted by Crippen LogP contribution is 2.58. The first-order valence-electron chi connectivity index (χ1n) is 15.4. The van der Waals surface area contributed by atoms with Gasteiger partial charge in [0, 0.05) is 12.3 Å². The van der Waals surface area contributed by atoms with E-state index in [4.69, 9.17) is 9.47 Å². The lowest BCUT2D eigenvalue weighted by Crippen LogP contribution is -2.56. The van der Waals surface area contributed by atoms with Crippen LogP contribution in [0.4, 0.5) is 13.6 Å². The van der Waals surface area contributed by atoms with Crippen molar-refractivity contribution in [3.05, 3.63) is 30.0 Å². The molecule has 6 rings (SSSR count). The van der Waals surface area contributed by atoms with Crippen LogP contribution in [0, 0.1) is 29.1 Å². The Labute approximate surface area is 250 Å². The molecule has 0 spiro atoms. The number of halogens is 2. The van der Waals surface area contributed by atoms with E-state index in [0.29, 0.717) is 42.0 Å². The summed E-state index contributed by atoms with van der Waals surface area (Å²) < 4.78 is 43.9. The van der Waals surface area contributed by atoms with Crippen LogP contribution in [0.25, 0.3) is 11.0 Å². The van der Waals surface area contributed by atoms with Gasteiger partial charge in [0.25, 0.3) is 5.92 Å². The van der Waals surface area contributed by atoms with Crippen molar-refractivity contribution in [3.8, 4) is 5.88 Å². The van der Waals surface area contributed by atoms with Gasteiger partial charge in [-0.05, 0) is 61.0 Å². The van der Waals surface area contributed by atoms with E-state index in [0.717, 1.165) is 12.8 Å². The van der Waals surface area contributed by atoms with Crippen LogP contribution in [-0.4, -0.2) is 64.0 Å². The summed E-state index contributed by atoms with van der Waals surface area (Å²) in [5.74, 6) is -3.56. The van der Waals surface area contributed by atoms with Gasteiger partial charge in [-0.2, -0.15) is 8.78 Å². The highest BCUT2D eigenvalue weighted by atomic mass is 19.3. The van der Waals surface area contributed by atoms with E-state index in [1.807, 2.05) is 20.8 Å². The minimum absolute atomic E-state index is 0.0414. The van der Waals surface area contributed by atoms with Crippen LogP contribution in [0.5, 0.6) is 5.88 Å². The molecule has 43 heavy (non-hydrogen) atoms. The van der Waals surface area contributed by atoms with E-state index in [1.165, 1.54) is 4.90 Å². The van der Waals surface area contributed by atoms with E-state index >= 15 is 8.78 Å². The predicted octanol–water partition coefficient (Wildman–Crippen LogP) is 5.25. The monoisotopic (exact) mass is 598 g/mol. The molecule has 11 heteroatoms. The first kappa shape index (κ1) is 29.7. The number of nitrogens with one attached hydrogen (secondary N) is 1. The Morgan fingerprint density at radius 2 is 1.74 bits per heavy atom. The molecule has 2 saturated carbocycles. The van der Waals surface area contributed by atoms with Crippen LogP contribution in [0.15, 0.2) is 24.3 Å². The van der Waals surface area contributed by atoms with Crippen LogP contribution in [0.2, 0.25) is 0 Å². The van der Waals surface area contributed by atoms with Crippen molar-refractivity contribution in [1.29, 1.82) is 0 Å². The molecule has 1 aromatic carbocycles. The van der Waals surface area contributed by atoms with E-state index in [1.54, 1.807) is 31.2 Å². The number of aldehydes is 1. The SMILES string of the molecule is C[C@@H]1[C@@H]2CN(C(=O)[C@H](C(C)(C)C)NC(=O)O[C@@H]3CC4CC4[C@H]3CCCCC(F)(F)c3nc4ccccc4nc3O2)[C@@H]1C=O. The number of carbonyl (C=O) groups is 3. The third kappa shape index (κ3) is 5.67. The van der Waals surface area contributed by atoms with Gasteiger partial charge in [0.05, 0.1) is 23.6 Å². The van der Waals surface area contributed by atoms with E-state index < -0.39 is 59.6 Å². The zero-order valence-corrected chi connectivity index (χ0v) is 25.1. The van der Waals surface area contributed by atoms with E-state index in [-0.39, 0.29) is 30.9 Å². The molecule has 1 aromatic heterocycles. The average molecular weight is 599 g/mol. The maximum atomic E-state index is 15.9. The normalized spacial score (nSPS) is 34.5. The van der Waals surface area contributed by atoms with E-state index in [9.17, 15) is 14.4 Å². The number of amides is 2. The number of alkyl carbamates (subject to hydrolysis) is 1. The second-order valence-corrected chi connectivity index (χ2v) is 13.9. The molecule has 0 radical (unpaired) electrons. The number of hydrogen-bond acceptors (Lipinski definition) is 7. The van der Waals surface area contributed by atoms with Gasteiger partial charge in [0.2, 0.25) is 11.8 Å². The van der Waals surface area contributed by atoms with Crippen molar-refractivity contribution < 1.29 is 32.6 Å². The van der Waals surface area contributed by atoms with Crippen LogP contribution in [0.3, 0.4) is 0 Å². The fourth-order valence-corrected chi connectivity index (χ4v) is 7.31. The van der Waals surface area contributed by atoms with Gasteiger partial charge in [-0.3, -0.25) is 4.79 Å². The molecule has 1 N–H and O–H groups in total. The molecule has 2 unspecified atom stereocenters. The molecule has 3 heterocycles. The number of aromatic nitrogens is 2. The maximum Gasteiger partial charge on any atom is 0.408 e. The Balaban J connectivity index is 1.38. The minimum atomic E-state index is -3.32. The first-order valence-corrected chi connectivity index (χ1v) is 15.4. The molecule has 2 bridgehead atoms. The summed E-state index contributed by atoms with van der Waals surface area (Å²) >= 11 is 0. The highest BCUT2D eigenvalue weighted by Gasteiger charge is 2.55. The molecule has 8 atom stereocenters. The van der Waals surface area contributed by atoms with E-state index in [2.05, 4.69) is 15.3 Å². The summed E-state index contributed by atoms with van der Waals surface area (Å²) in [6.45, 7) is 7.19. The molecular weight excluding hydrogens is 558 g/mol. The van der Waals surface area contributed by atoms with Crippen LogP contribution in [0.1, 0.15) is 71.9 Å². The molecule has 232 valence electrons. The molecule has 4 aliphatic rings. The Kier molecular flexibility index (Phi) is 7.57. The Morgan fingerprint density at radius 1 is 1.02 bits per heavy atom. The van der Waals surface area contributed by atoms with Gasteiger partial charge in [-0.25, -0.2) is 14.8 Å². The molecule has 2 aliphatic carbocycles. The fraction of sp³-hybridized carbons (Fsp3) is 0.656. The Bertz CT molecular complexity index is 1410. The van der Waals surface area contributed by atoms with Gasteiger partial charge < -0.3 is 24.5 Å². The lowest BCUT2D eigenvalue weighted by Gasteiger charge is -2.35. The average Bonchev–Trinajstić information content (AvgIpc) is 3.53. The van der Waals surface area contributed by atoms with Crippen molar-refractivity contribution in [1.82, 2.24) is 20.2 Å². The number of hydrogen-bond donors (Lipinski definition) is 1. The molecular formula is C32H40F2N4O5. The second-order valence-electron chi connectivity index (χ2n) is 13.9. The number of ether oxygens (including phenoxy) is 2. The number of carbonyl (C=O) groups excluding carboxylic acids is 3. The van der Waals surface area contributed by atoms with Gasteiger partial charge in [0.15, 0.2) is 5.69 Å². The van der Waals surface area contributed by atoms with Crippen molar-refractivity contribution in [2.24, 2.45) is 29.1 Å². The lowest BCUT2D eigenvalue weighted by atomic mass is 9.85. The van der Waals surface area contributed by atoms with Crippen molar-refractivity contribution in [3.63, 3.8) is 0 Å². The summed E-state index contributed by atoms with van der Waals surface area (Å²) in [5, 5.41) is 2.81. The van der Waals surface area contributed by atoms with Crippen LogP contribution >= 0.6 is 0 Å². The highest BCUT2D eigenvalue weighted by molar-refractivity contribution is 5.89. The molecule has 2 aromatic rings. The van der Waals surface area contributed by atoms with Gasteiger partial charge in [0.1, 0.15) is 24.5 Å². The molecule has 2 aliphatic heterocycles. The number of nitrogens with zero attached hydrogens (tertiary/aromatic N) is 3. The first-order chi connectivity index (χ1) is 20.4. The summed E-state index contributed by atoms with van der Waals surface area (Å²) in [6, 6.07) is 4.91. The molecule has 2 amide bonds. The minimum Gasteiger partial charge on any atom is -0.471 e. The number of fused-ring (bicyclic) bond motifs is 7. The van der Waals surface area contributed by atoms with Crippen LogP contribution in [-0.2, 0) is 20.2 Å². The molecule has 3 fully saturated rings. The zero-order chi connectivity index (χ0) is 30.7. The van der Waals surface area contributed by atoms with Gasteiger partial charge in [-0.1, -0.05) is 46.2 Å². The van der Waals surface area contributed by atoms with Gasteiger partial charge in [-0.15, -0.1) is 0 Å². The van der Waals surface area contributed by atoms with Crippen molar-refractivity contribution in [2.75, 3.05) is 6.54 Å². The zero-order valence-electron chi connectivity index (χ0n) is 25.1. The quantitative estimate of drug-likeness (QED) is 0.446. The topological polar surface area (TPSA) is 111 Å². The predicted molar refractivity (Wildman–Crippen MR) is 153 cm³/mol. The summed E-state index contributed by atoms with van der Waals surface area (Å²) in [7, 11) is 0. The standard InChI is InChI=1S/C32H40F2N4O5/c1-17-23(16-39)38-15-25(17)42-28-26(35-21-10-5-6-11-22(21)36-28)32(33,34)12-8-7-9-19-20-13-18(20)14-24(19)43-30(41)37-27(29(38)40)31(2,3)4/h5-6,10-11,16-20,23-25,27H,7-9,12-15H2,1-4H3,(H,37,41)/t17-,18?,19+,20?,23+,24+,25-,27+/m0/s1. The lowest BCUT2D eigenvalue weighted by molar-refractivity contribution is -0.139. The largest absolute Gasteiger partial charge is 0.471 e. The summed E-state index contributed by atoms with van der Waals surface area (Å²) in [5.41, 5.74) is -0.492. The van der Waals surface area contributed by atoms with Crippen molar-refractivity contribution >= 4 is 29.3 Å². The third-order valence-corrected chi connectivity index (χ3v) is 9.88. The molecule has 1 saturated heterocycles. The number of rotatable bonds is 1.